The first kappa shape index (κ1) is 12.7. The summed E-state index contributed by atoms with van der Waals surface area (Å²) in [6.45, 7) is 3.86. The summed E-state index contributed by atoms with van der Waals surface area (Å²) < 4.78 is 0. The fraction of sp³-hybridized carbons (Fsp3) is 0.875. The number of nitrogens with one attached hydrogen (secondary N) is 1. The van der Waals surface area contributed by atoms with Crippen LogP contribution in [0.3, 0.4) is 0 Å². The van der Waals surface area contributed by atoms with Crippen molar-refractivity contribution < 1.29 is 4.79 Å². The third-order valence-electron chi connectivity index (χ3n) is 2.19. The van der Waals surface area contributed by atoms with Crippen molar-refractivity contribution in [3.8, 4) is 0 Å². The van der Waals surface area contributed by atoms with E-state index in [9.17, 15) is 4.79 Å². The highest BCUT2D eigenvalue weighted by Gasteiger charge is 2.35. The topological polar surface area (TPSA) is 81.1 Å². The lowest BCUT2D eigenvalue weighted by Crippen LogP contribution is -2.45. The Hall–Kier alpha value is -0.320. The van der Waals surface area contributed by atoms with Crippen LogP contribution in [-0.4, -0.2) is 24.0 Å². The summed E-state index contributed by atoms with van der Waals surface area (Å²) in [5.74, 6) is 0.0999. The van der Waals surface area contributed by atoms with Crippen LogP contribution in [0.1, 0.15) is 20.3 Å². The molecule has 4 nitrogen and oxygen atoms in total. The molecule has 0 saturated heterocycles. The van der Waals surface area contributed by atoms with Crippen LogP contribution in [-0.2, 0) is 4.79 Å². The highest BCUT2D eigenvalue weighted by atomic mass is 35.5. The molecule has 1 saturated carbocycles. The van der Waals surface area contributed by atoms with E-state index in [2.05, 4.69) is 5.32 Å². The SMILES string of the molecule is CC(C)C(N)C(=O)NC1CC1N.Cl. The molecule has 0 aromatic carbocycles. The normalized spacial score (nSPS) is 27.8. The van der Waals surface area contributed by atoms with Crippen molar-refractivity contribution in [2.24, 2.45) is 17.4 Å². The van der Waals surface area contributed by atoms with Crippen molar-refractivity contribution in [1.29, 1.82) is 0 Å². The summed E-state index contributed by atoms with van der Waals surface area (Å²) in [6.07, 6.45) is 0.885. The van der Waals surface area contributed by atoms with Crippen LogP contribution in [0, 0.1) is 5.92 Å². The molecule has 0 aromatic heterocycles. The van der Waals surface area contributed by atoms with E-state index in [0.717, 1.165) is 6.42 Å². The van der Waals surface area contributed by atoms with Crippen molar-refractivity contribution in [3.05, 3.63) is 0 Å². The van der Waals surface area contributed by atoms with E-state index in [1.807, 2.05) is 13.8 Å². The summed E-state index contributed by atoms with van der Waals surface area (Å²) >= 11 is 0. The van der Waals surface area contributed by atoms with E-state index < -0.39 is 6.04 Å². The predicted molar refractivity (Wildman–Crippen MR) is 54.6 cm³/mol. The molecule has 78 valence electrons. The first-order chi connectivity index (χ1) is 5.52. The van der Waals surface area contributed by atoms with Crippen molar-refractivity contribution in [1.82, 2.24) is 5.32 Å². The van der Waals surface area contributed by atoms with Gasteiger partial charge in [0.15, 0.2) is 0 Å². The van der Waals surface area contributed by atoms with E-state index in [1.165, 1.54) is 0 Å². The number of rotatable bonds is 3. The summed E-state index contributed by atoms with van der Waals surface area (Å²) in [4.78, 5) is 11.3. The molecule has 5 N–H and O–H groups in total. The highest BCUT2D eigenvalue weighted by Crippen LogP contribution is 2.17. The molecule has 1 rings (SSSR count). The number of halogens is 1. The zero-order chi connectivity index (χ0) is 9.30. The van der Waals surface area contributed by atoms with Gasteiger partial charge in [-0.2, -0.15) is 0 Å². The Balaban J connectivity index is 0.00000144. The molecule has 5 heteroatoms. The Bertz CT molecular complexity index is 186. The van der Waals surface area contributed by atoms with Gasteiger partial charge in [-0.15, -0.1) is 12.4 Å². The number of carbonyl (C=O) groups is 1. The molecule has 0 aromatic rings. The molecule has 1 amide bonds. The van der Waals surface area contributed by atoms with Crippen LogP contribution >= 0.6 is 12.4 Å². The summed E-state index contributed by atoms with van der Waals surface area (Å²) in [7, 11) is 0. The van der Waals surface area contributed by atoms with Gasteiger partial charge < -0.3 is 16.8 Å². The van der Waals surface area contributed by atoms with Gasteiger partial charge in [0.2, 0.25) is 5.91 Å². The molecule has 0 bridgehead atoms. The molecule has 0 spiro atoms. The minimum atomic E-state index is -0.405. The van der Waals surface area contributed by atoms with Crippen LogP contribution in [0.15, 0.2) is 0 Å². The Labute approximate surface area is 84.8 Å². The number of carbonyl (C=O) groups excluding carboxylic acids is 1. The molecular weight excluding hydrogens is 190 g/mol. The van der Waals surface area contributed by atoms with E-state index >= 15 is 0 Å². The maximum absolute atomic E-state index is 11.3. The van der Waals surface area contributed by atoms with Gasteiger partial charge in [0.25, 0.3) is 0 Å². The third kappa shape index (κ3) is 3.50. The second-order valence-electron chi connectivity index (χ2n) is 3.78. The number of nitrogens with two attached hydrogens (primary N) is 2. The van der Waals surface area contributed by atoms with E-state index in [1.54, 1.807) is 0 Å². The van der Waals surface area contributed by atoms with Gasteiger partial charge in [-0.25, -0.2) is 0 Å². The van der Waals surface area contributed by atoms with Gasteiger partial charge in [0, 0.05) is 12.1 Å². The van der Waals surface area contributed by atoms with Crippen LogP contribution in [0.4, 0.5) is 0 Å². The standard InChI is InChI=1S/C8H17N3O.ClH/c1-4(2)7(10)8(12)11-6-3-5(6)9;/h4-7H,3,9-10H2,1-2H3,(H,11,12);1H. The zero-order valence-corrected chi connectivity index (χ0v) is 8.80. The molecule has 3 atom stereocenters. The zero-order valence-electron chi connectivity index (χ0n) is 7.99. The number of hydrogen-bond donors (Lipinski definition) is 3. The number of hydrogen-bond acceptors (Lipinski definition) is 3. The first-order valence-corrected chi connectivity index (χ1v) is 4.34. The lowest BCUT2D eigenvalue weighted by molar-refractivity contribution is -0.123. The van der Waals surface area contributed by atoms with E-state index in [4.69, 9.17) is 11.5 Å². The van der Waals surface area contributed by atoms with Crippen LogP contribution in [0.5, 0.6) is 0 Å². The fourth-order valence-electron chi connectivity index (χ4n) is 0.962. The molecule has 0 radical (unpaired) electrons. The minimum Gasteiger partial charge on any atom is -0.350 e. The lowest BCUT2D eigenvalue weighted by Gasteiger charge is -2.14. The van der Waals surface area contributed by atoms with Crippen LogP contribution in [0.25, 0.3) is 0 Å². The fourth-order valence-corrected chi connectivity index (χ4v) is 0.962. The second-order valence-corrected chi connectivity index (χ2v) is 3.78. The smallest absolute Gasteiger partial charge is 0.237 e. The predicted octanol–water partition coefficient (Wildman–Crippen LogP) is -0.393. The lowest BCUT2D eigenvalue weighted by atomic mass is 10.1. The first-order valence-electron chi connectivity index (χ1n) is 4.34. The van der Waals surface area contributed by atoms with Crippen LogP contribution in [0.2, 0.25) is 0 Å². The monoisotopic (exact) mass is 207 g/mol. The van der Waals surface area contributed by atoms with Gasteiger partial charge in [-0.05, 0) is 12.3 Å². The maximum Gasteiger partial charge on any atom is 0.237 e. The van der Waals surface area contributed by atoms with Crippen molar-refractivity contribution >= 4 is 18.3 Å². The molecule has 1 aliphatic carbocycles. The van der Waals surface area contributed by atoms with Gasteiger partial charge >= 0.3 is 0 Å². The average molecular weight is 208 g/mol. The molecule has 0 heterocycles. The summed E-state index contributed by atoms with van der Waals surface area (Å²) in [5.41, 5.74) is 11.2. The highest BCUT2D eigenvalue weighted by molar-refractivity contribution is 5.85. The minimum absolute atomic E-state index is 0. The molecule has 1 fully saturated rings. The molecule has 3 unspecified atom stereocenters. The molecule has 13 heavy (non-hydrogen) atoms. The Kier molecular flexibility index (Phi) is 4.67. The second kappa shape index (κ2) is 4.79. The Morgan fingerprint density at radius 3 is 2.31 bits per heavy atom. The molecule has 1 aliphatic rings. The van der Waals surface area contributed by atoms with Crippen molar-refractivity contribution in [2.75, 3.05) is 0 Å². The quantitative estimate of drug-likeness (QED) is 0.590. The van der Waals surface area contributed by atoms with Gasteiger partial charge in [-0.1, -0.05) is 13.8 Å². The summed E-state index contributed by atoms with van der Waals surface area (Å²) in [6, 6.07) is -0.0894. The van der Waals surface area contributed by atoms with E-state index in [-0.39, 0.29) is 36.3 Å². The van der Waals surface area contributed by atoms with E-state index in [0.29, 0.717) is 0 Å². The molecular formula is C8H18ClN3O. The Morgan fingerprint density at radius 1 is 1.54 bits per heavy atom. The maximum atomic E-state index is 11.3. The van der Waals surface area contributed by atoms with Gasteiger partial charge in [0.1, 0.15) is 0 Å². The van der Waals surface area contributed by atoms with Gasteiger partial charge in [0.05, 0.1) is 6.04 Å². The third-order valence-corrected chi connectivity index (χ3v) is 2.19. The average Bonchev–Trinajstić information content (AvgIpc) is 2.64. The van der Waals surface area contributed by atoms with Gasteiger partial charge in [-0.3, -0.25) is 4.79 Å². The molecule has 0 aliphatic heterocycles. The van der Waals surface area contributed by atoms with Crippen molar-refractivity contribution in [3.63, 3.8) is 0 Å². The van der Waals surface area contributed by atoms with Crippen LogP contribution < -0.4 is 16.8 Å². The number of amides is 1. The Morgan fingerprint density at radius 2 is 2.00 bits per heavy atom. The van der Waals surface area contributed by atoms with Crippen molar-refractivity contribution in [2.45, 2.75) is 38.4 Å². The largest absolute Gasteiger partial charge is 0.350 e. The summed E-state index contributed by atoms with van der Waals surface area (Å²) in [5, 5.41) is 2.80.